The highest BCUT2D eigenvalue weighted by Gasteiger charge is 2.28. The summed E-state index contributed by atoms with van der Waals surface area (Å²) in [5.41, 5.74) is 1.56. The van der Waals surface area contributed by atoms with E-state index in [1.807, 2.05) is 36.5 Å². The second-order valence-electron chi connectivity index (χ2n) is 7.50. The van der Waals surface area contributed by atoms with Crippen LogP contribution in [0.15, 0.2) is 67.0 Å². The highest BCUT2D eigenvalue weighted by atomic mass is 32.2. The lowest BCUT2D eigenvalue weighted by Crippen LogP contribution is -2.39. The van der Waals surface area contributed by atoms with Crippen LogP contribution in [0.4, 0.5) is 4.39 Å². The molecule has 0 bridgehead atoms. The fraction of sp³-hybridized carbons (Fsp3) is 0.318. The predicted octanol–water partition coefficient (Wildman–Crippen LogP) is 3.93. The monoisotopic (exact) mass is 413 g/mol. The van der Waals surface area contributed by atoms with Gasteiger partial charge in [0, 0.05) is 37.6 Å². The number of aromatic nitrogens is 2. The van der Waals surface area contributed by atoms with Crippen LogP contribution >= 0.6 is 0 Å². The topological polar surface area (TPSA) is 55.2 Å². The summed E-state index contributed by atoms with van der Waals surface area (Å²) < 4.78 is 42.5. The number of nitrogens with zero attached hydrogens (tertiary/aromatic N) is 3. The average Bonchev–Trinajstić information content (AvgIpc) is 3.17. The van der Waals surface area contributed by atoms with Crippen LogP contribution in [-0.2, 0) is 22.3 Å². The fourth-order valence-electron chi connectivity index (χ4n) is 3.88. The van der Waals surface area contributed by atoms with E-state index in [-0.39, 0.29) is 5.75 Å². The largest absolute Gasteiger partial charge is 0.331 e. The third-order valence-electron chi connectivity index (χ3n) is 5.41. The molecule has 3 aromatic rings. The van der Waals surface area contributed by atoms with E-state index < -0.39 is 15.8 Å². The molecule has 2 heterocycles. The summed E-state index contributed by atoms with van der Waals surface area (Å²) in [6.07, 6.45) is 5.39. The van der Waals surface area contributed by atoms with Crippen molar-refractivity contribution in [2.45, 2.75) is 25.1 Å². The number of benzene rings is 2. The lowest BCUT2D eigenvalue weighted by atomic mass is 9.98. The maximum Gasteiger partial charge on any atom is 0.218 e. The number of sulfonamides is 1. The Labute approximate surface area is 170 Å². The van der Waals surface area contributed by atoms with Gasteiger partial charge >= 0.3 is 0 Å². The molecule has 0 unspecified atom stereocenters. The molecule has 0 spiro atoms. The van der Waals surface area contributed by atoms with Crippen molar-refractivity contribution >= 4 is 10.0 Å². The van der Waals surface area contributed by atoms with E-state index in [0.717, 1.165) is 30.8 Å². The first-order valence-electron chi connectivity index (χ1n) is 9.80. The Hall–Kier alpha value is -2.51. The Bertz CT molecular complexity index is 1060. The number of hydrogen-bond donors (Lipinski definition) is 0. The molecule has 5 nitrogen and oxygen atoms in total. The molecule has 4 rings (SSSR count). The van der Waals surface area contributed by atoms with Crippen molar-refractivity contribution < 1.29 is 12.8 Å². The summed E-state index contributed by atoms with van der Waals surface area (Å²) in [4.78, 5) is 4.49. The minimum atomic E-state index is -3.44. The summed E-state index contributed by atoms with van der Waals surface area (Å²) >= 11 is 0. The zero-order chi connectivity index (χ0) is 20.3. The molecule has 0 amide bonds. The van der Waals surface area contributed by atoms with Gasteiger partial charge in [-0.25, -0.2) is 22.1 Å². The minimum Gasteiger partial charge on any atom is -0.331 e. The van der Waals surface area contributed by atoms with Gasteiger partial charge in [0.05, 0.1) is 5.75 Å². The number of piperidine rings is 1. The van der Waals surface area contributed by atoms with Crippen LogP contribution in [0.2, 0.25) is 0 Å². The maximum atomic E-state index is 13.4. The van der Waals surface area contributed by atoms with Gasteiger partial charge < -0.3 is 4.57 Å². The quantitative estimate of drug-likeness (QED) is 0.615. The van der Waals surface area contributed by atoms with Gasteiger partial charge in [0.1, 0.15) is 11.6 Å². The Morgan fingerprint density at radius 1 is 1.03 bits per heavy atom. The summed E-state index contributed by atoms with van der Waals surface area (Å²) in [6, 6.07) is 15.9. The van der Waals surface area contributed by atoms with Gasteiger partial charge in [-0.3, -0.25) is 0 Å². The van der Waals surface area contributed by atoms with Crippen molar-refractivity contribution in [2.75, 3.05) is 13.1 Å². The second-order valence-corrected chi connectivity index (χ2v) is 9.47. The third-order valence-corrected chi connectivity index (χ3v) is 7.26. The first-order valence-corrected chi connectivity index (χ1v) is 11.4. The molecule has 1 saturated heterocycles. The van der Waals surface area contributed by atoms with E-state index in [0.29, 0.717) is 24.6 Å². The van der Waals surface area contributed by atoms with Gasteiger partial charge in [-0.2, -0.15) is 0 Å². The van der Waals surface area contributed by atoms with Crippen molar-refractivity contribution in [3.8, 4) is 11.4 Å². The van der Waals surface area contributed by atoms with Crippen molar-refractivity contribution in [2.24, 2.45) is 5.92 Å². The van der Waals surface area contributed by atoms with E-state index in [1.165, 1.54) is 12.1 Å². The fourth-order valence-corrected chi connectivity index (χ4v) is 5.43. The van der Waals surface area contributed by atoms with E-state index in [9.17, 15) is 12.8 Å². The minimum absolute atomic E-state index is 0.158. The van der Waals surface area contributed by atoms with Crippen LogP contribution in [0.3, 0.4) is 0 Å². The zero-order valence-electron chi connectivity index (χ0n) is 16.1. The molecule has 0 atom stereocenters. The van der Waals surface area contributed by atoms with Crippen LogP contribution in [0.5, 0.6) is 0 Å². The second kappa shape index (κ2) is 8.47. The molecule has 1 aliphatic rings. The van der Waals surface area contributed by atoms with Crippen LogP contribution in [0.25, 0.3) is 11.4 Å². The summed E-state index contributed by atoms with van der Waals surface area (Å²) in [5.74, 6) is 0.764. The molecule has 1 fully saturated rings. The summed E-state index contributed by atoms with van der Waals surface area (Å²) in [5, 5.41) is 0. The molecule has 7 heteroatoms. The average molecular weight is 414 g/mol. The van der Waals surface area contributed by atoms with Gasteiger partial charge in [0.15, 0.2) is 0 Å². The zero-order valence-corrected chi connectivity index (χ0v) is 16.9. The highest BCUT2D eigenvalue weighted by Crippen LogP contribution is 2.25. The lowest BCUT2D eigenvalue weighted by molar-refractivity contribution is 0.253. The molecule has 1 aromatic heterocycles. The van der Waals surface area contributed by atoms with Crippen molar-refractivity contribution in [3.05, 3.63) is 78.4 Å². The molecular weight excluding hydrogens is 389 g/mol. The van der Waals surface area contributed by atoms with Crippen LogP contribution < -0.4 is 0 Å². The Morgan fingerprint density at radius 2 is 1.79 bits per heavy atom. The van der Waals surface area contributed by atoms with Gasteiger partial charge in [-0.1, -0.05) is 42.5 Å². The lowest BCUT2D eigenvalue weighted by Gasteiger charge is -2.31. The highest BCUT2D eigenvalue weighted by molar-refractivity contribution is 7.88. The van der Waals surface area contributed by atoms with Gasteiger partial charge in [0.2, 0.25) is 10.0 Å². The molecule has 0 N–H and O–H groups in total. The van der Waals surface area contributed by atoms with Crippen LogP contribution in [0, 0.1) is 11.7 Å². The number of halogens is 1. The standard InChI is InChI=1S/C22H24FN3O2S/c23-21-8-4-5-19(15-21)17-29(27,28)26-12-9-18(10-13-26)16-25-14-11-24-22(25)20-6-2-1-3-7-20/h1-8,11,14-15,18H,9-10,12-13,16-17H2. The molecular formula is C22H24FN3O2S. The number of imidazole rings is 1. The first kappa shape index (κ1) is 19.8. The molecule has 0 radical (unpaired) electrons. The Morgan fingerprint density at radius 3 is 2.52 bits per heavy atom. The molecule has 0 aliphatic carbocycles. The van der Waals surface area contributed by atoms with E-state index >= 15 is 0 Å². The summed E-state index contributed by atoms with van der Waals surface area (Å²) in [6.45, 7) is 1.82. The van der Waals surface area contributed by atoms with E-state index in [4.69, 9.17) is 0 Å². The smallest absolute Gasteiger partial charge is 0.218 e. The van der Waals surface area contributed by atoms with Crippen molar-refractivity contribution in [1.82, 2.24) is 13.9 Å². The normalized spacial score (nSPS) is 16.2. The molecule has 0 saturated carbocycles. The van der Waals surface area contributed by atoms with Gasteiger partial charge in [-0.15, -0.1) is 0 Å². The Balaban J connectivity index is 1.37. The first-order chi connectivity index (χ1) is 14.0. The maximum absolute atomic E-state index is 13.4. The SMILES string of the molecule is O=S(=O)(Cc1cccc(F)c1)N1CCC(Cn2ccnc2-c2ccccc2)CC1. The van der Waals surface area contributed by atoms with Gasteiger partial charge in [-0.05, 0) is 36.5 Å². The van der Waals surface area contributed by atoms with Crippen LogP contribution in [0.1, 0.15) is 18.4 Å². The molecule has 152 valence electrons. The van der Waals surface area contributed by atoms with Crippen LogP contribution in [-0.4, -0.2) is 35.4 Å². The van der Waals surface area contributed by atoms with Gasteiger partial charge in [0.25, 0.3) is 0 Å². The predicted molar refractivity (Wildman–Crippen MR) is 111 cm³/mol. The van der Waals surface area contributed by atoms with E-state index in [1.54, 1.807) is 22.6 Å². The molecule has 29 heavy (non-hydrogen) atoms. The van der Waals surface area contributed by atoms with Crippen molar-refractivity contribution in [3.63, 3.8) is 0 Å². The van der Waals surface area contributed by atoms with Crippen molar-refractivity contribution in [1.29, 1.82) is 0 Å². The number of rotatable bonds is 6. The number of hydrogen-bond acceptors (Lipinski definition) is 3. The Kier molecular flexibility index (Phi) is 5.78. The molecule has 2 aromatic carbocycles. The third kappa shape index (κ3) is 4.74. The molecule has 1 aliphatic heterocycles. The summed E-state index contributed by atoms with van der Waals surface area (Å²) in [7, 11) is -3.44. The van der Waals surface area contributed by atoms with E-state index in [2.05, 4.69) is 9.55 Å².